The van der Waals surface area contributed by atoms with E-state index in [-0.39, 0.29) is 23.9 Å². The van der Waals surface area contributed by atoms with E-state index in [1.54, 1.807) is 42.9 Å². The number of hydrogen-bond acceptors (Lipinski definition) is 7. The quantitative estimate of drug-likeness (QED) is 0.178. The van der Waals surface area contributed by atoms with E-state index in [1.165, 1.54) is 18.2 Å². The van der Waals surface area contributed by atoms with Gasteiger partial charge < -0.3 is 10.3 Å². The molecule has 14 heteroatoms. The van der Waals surface area contributed by atoms with Crippen molar-refractivity contribution in [1.29, 1.82) is 0 Å². The summed E-state index contributed by atoms with van der Waals surface area (Å²) in [5.41, 5.74) is 4.40. The number of rotatable bonds is 8. The van der Waals surface area contributed by atoms with Crippen molar-refractivity contribution in [2.75, 3.05) is 11.6 Å². The van der Waals surface area contributed by atoms with Crippen LogP contribution in [0.3, 0.4) is 0 Å². The lowest BCUT2D eigenvalue weighted by Crippen LogP contribution is -2.28. The van der Waals surface area contributed by atoms with Gasteiger partial charge in [0.25, 0.3) is 0 Å². The average molecular weight is 629 g/mol. The third-order valence-corrected chi connectivity index (χ3v) is 8.50. The molecule has 7 rings (SSSR count). The Hall–Kier alpha value is -5.08. The number of aromatic nitrogens is 6. The average Bonchev–Trinajstić information content (AvgIpc) is 3.59. The zero-order valence-electron chi connectivity index (χ0n) is 23.9. The molecule has 11 nitrogen and oxygen atoms in total. The highest BCUT2D eigenvalue weighted by atomic mass is 32.2. The standard InChI is InChI=1S/C31H26F2N8O3S/c1-45(43,44)36-13-16-7-19(9-21(32)8-16)26-29-25(5-6-35-26)38-30(39-29)28-23-11-18(12-24(33)27(23)40-41-28)20-10-22(15-34-14-20)37-31(42)17-3-2-4-17/h5-12,14-15,17,36H,2-4,13H2,1H3,(H,37,42)(H,38,39)(H,40,41). The smallest absolute Gasteiger partial charge is 0.227 e. The molecule has 1 fully saturated rings. The first kappa shape index (κ1) is 28.7. The number of carbonyl (C=O) groups excluding carboxylic acids is 1. The number of benzene rings is 2. The number of nitrogens with one attached hydrogen (secondary N) is 4. The summed E-state index contributed by atoms with van der Waals surface area (Å²) in [4.78, 5) is 29.1. The van der Waals surface area contributed by atoms with Gasteiger partial charge in [-0.1, -0.05) is 6.42 Å². The number of imidazole rings is 1. The summed E-state index contributed by atoms with van der Waals surface area (Å²) < 4.78 is 55.4. The molecule has 1 aliphatic rings. The Morgan fingerprint density at radius 1 is 1.02 bits per heavy atom. The lowest BCUT2D eigenvalue weighted by molar-refractivity contribution is -0.122. The van der Waals surface area contributed by atoms with Gasteiger partial charge in [0.2, 0.25) is 15.9 Å². The molecule has 0 radical (unpaired) electrons. The third-order valence-electron chi connectivity index (χ3n) is 7.83. The number of nitrogens with zero attached hydrogens (tertiary/aromatic N) is 4. The number of sulfonamides is 1. The van der Waals surface area contributed by atoms with Crippen LogP contribution in [0.5, 0.6) is 0 Å². The number of hydrogen-bond donors (Lipinski definition) is 4. The first-order valence-electron chi connectivity index (χ1n) is 14.1. The molecular formula is C31H26F2N8O3S. The minimum absolute atomic E-state index is 0.00955. The molecule has 6 aromatic rings. The number of fused-ring (bicyclic) bond motifs is 2. The molecule has 4 heterocycles. The molecular weight excluding hydrogens is 602 g/mol. The highest BCUT2D eigenvalue weighted by Crippen LogP contribution is 2.35. The van der Waals surface area contributed by atoms with E-state index in [2.05, 4.69) is 35.2 Å². The summed E-state index contributed by atoms with van der Waals surface area (Å²) in [6, 6.07) is 10.8. The van der Waals surface area contributed by atoms with Crippen molar-refractivity contribution in [1.82, 2.24) is 34.9 Å². The Labute approximate surface area is 255 Å². The van der Waals surface area contributed by atoms with Gasteiger partial charge in [0.05, 0.1) is 29.4 Å². The molecule has 0 atom stereocenters. The SMILES string of the molecule is CS(=O)(=O)NCc1cc(F)cc(-c2nccc3[nH]c(-c4n[nH]c5c(F)cc(-c6cncc(NC(=O)C7CCC7)c6)cc45)nc23)c1. The fourth-order valence-corrected chi connectivity index (χ4v) is 5.80. The van der Waals surface area contributed by atoms with E-state index in [0.29, 0.717) is 61.6 Å². The van der Waals surface area contributed by atoms with Crippen molar-refractivity contribution in [2.45, 2.75) is 25.8 Å². The number of carbonyl (C=O) groups is 1. The van der Waals surface area contributed by atoms with Gasteiger partial charge >= 0.3 is 0 Å². The number of amides is 1. The second-order valence-corrected chi connectivity index (χ2v) is 12.9. The van der Waals surface area contributed by atoms with Crippen LogP contribution in [0.1, 0.15) is 24.8 Å². The van der Waals surface area contributed by atoms with Gasteiger partial charge in [-0.25, -0.2) is 26.9 Å². The fourth-order valence-electron chi connectivity index (χ4n) is 5.37. The zero-order chi connectivity index (χ0) is 31.3. The van der Waals surface area contributed by atoms with E-state index in [9.17, 15) is 17.6 Å². The maximum absolute atomic E-state index is 15.4. The summed E-state index contributed by atoms with van der Waals surface area (Å²) in [6.07, 6.45) is 8.51. The summed E-state index contributed by atoms with van der Waals surface area (Å²) >= 11 is 0. The van der Waals surface area contributed by atoms with Gasteiger partial charge in [-0.15, -0.1) is 0 Å². The molecule has 0 saturated heterocycles. The van der Waals surface area contributed by atoms with Crippen molar-refractivity contribution >= 4 is 43.6 Å². The van der Waals surface area contributed by atoms with Crippen LogP contribution >= 0.6 is 0 Å². The molecule has 0 aliphatic heterocycles. The number of halogens is 2. The Morgan fingerprint density at radius 3 is 2.64 bits per heavy atom. The summed E-state index contributed by atoms with van der Waals surface area (Å²) in [5.74, 6) is -0.793. The van der Waals surface area contributed by atoms with Gasteiger partial charge in [0.1, 0.15) is 28.4 Å². The maximum atomic E-state index is 15.4. The molecule has 0 spiro atoms. The van der Waals surface area contributed by atoms with Crippen LogP contribution in [-0.4, -0.2) is 50.7 Å². The first-order valence-corrected chi connectivity index (χ1v) is 16.0. The summed E-state index contributed by atoms with van der Waals surface area (Å²) in [6.45, 7) is -0.0934. The lowest BCUT2D eigenvalue weighted by atomic mass is 9.85. The Bertz CT molecular complexity index is 2230. The van der Waals surface area contributed by atoms with Crippen molar-refractivity contribution < 1.29 is 22.0 Å². The van der Waals surface area contributed by atoms with Crippen LogP contribution in [0.15, 0.2) is 61.1 Å². The Morgan fingerprint density at radius 2 is 1.87 bits per heavy atom. The van der Waals surface area contributed by atoms with Gasteiger partial charge in [-0.2, -0.15) is 5.10 Å². The van der Waals surface area contributed by atoms with Crippen molar-refractivity contribution in [3.8, 4) is 33.9 Å². The second kappa shape index (κ2) is 11.1. The Balaban J connectivity index is 1.26. The number of aromatic amines is 2. The topological polar surface area (TPSA) is 158 Å². The number of H-pyrrole nitrogens is 2. The van der Waals surface area contributed by atoms with E-state index >= 15 is 4.39 Å². The van der Waals surface area contributed by atoms with E-state index in [0.717, 1.165) is 25.5 Å². The normalized spacial score (nSPS) is 13.8. The highest BCUT2D eigenvalue weighted by molar-refractivity contribution is 7.88. The van der Waals surface area contributed by atoms with Crippen molar-refractivity contribution in [3.63, 3.8) is 0 Å². The molecule has 2 aromatic carbocycles. The van der Waals surface area contributed by atoms with Crippen LogP contribution in [0.25, 0.3) is 55.8 Å². The predicted octanol–water partition coefficient (Wildman–Crippen LogP) is 5.30. The molecule has 1 saturated carbocycles. The summed E-state index contributed by atoms with van der Waals surface area (Å²) in [5, 5.41) is 10.5. The molecule has 1 aliphatic carbocycles. The van der Waals surface area contributed by atoms with Crippen LogP contribution < -0.4 is 10.0 Å². The van der Waals surface area contributed by atoms with Crippen LogP contribution in [0.2, 0.25) is 0 Å². The van der Waals surface area contributed by atoms with Crippen molar-refractivity contribution in [2.24, 2.45) is 5.92 Å². The number of anilines is 1. The minimum atomic E-state index is -3.48. The van der Waals surface area contributed by atoms with E-state index < -0.39 is 21.7 Å². The van der Waals surface area contributed by atoms with Gasteiger partial charge in [-0.05, 0) is 66.4 Å². The molecule has 1 amide bonds. The zero-order valence-corrected chi connectivity index (χ0v) is 24.7. The van der Waals surface area contributed by atoms with E-state index in [4.69, 9.17) is 4.98 Å². The highest BCUT2D eigenvalue weighted by Gasteiger charge is 2.25. The van der Waals surface area contributed by atoms with Crippen LogP contribution in [-0.2, 0) is 21.4 Å². The van der Waals surface area contributed by atoms with Gasteiger partial charge in [0, 0.05) is 41.4 Å². The Kier molecular flexibility index (Phi) is 7.09. The molecule has 228 valence electrons. The fraction of sp³-hybridized carbons (Fsp3) is 0.194. The molecule has 4 N–H and O–H groups in total. The first-order chi connectivity index (χ1) is 21.6. The molecule has 45 heavy (non-hydrogen) atoms. The predicted molar refractivity (Wildman–Crippen MR) is 165 cm³/mol. The minimum Gasteiger partial charge on any atom is -0.336 e. The monoisotopic (exact) mass is 628 g/mol. The second-order valence-electron chi connectivity index (χ2n) is 11.1. The van der Waals surface area contributed by atoms with Crippen LogP contribution in [0.4, 0.5) is 14.5 Å². The lowest BCUT2D eigenvalue weighted by Gasteiger charge is -2.24. The van der Waals surface area contributed by atoms with Gasteiger partial charge in [-0.3, -0.25) is 19.9 Å². The number of pyridine rings is 2. The maximum Gasteiger partial charge on any atom is 0.227 e. The largest absolute Gasteiger partial charge is 0.336 e. The molecule has 0 unspecified atom stereocenters. The van der Waals surface area contributed by atoms with E-state index in [1.807, 2.05) is 0 Å². The third kappa shape index (κ3) is 5.77. The van der Waals surface area contributed by atoms with Crippen molar-refractivity contribution in [3.05, 3.63) is 78.3 Å². The summed E-state index contributed by atoms with van der Waals surface area (Å²) in [7, 11) is -3.48. The molecule has 4 aromatic heterocycles. The van der Waals surface area contributed by atoms with Gasteiger partial charge in [0.15, 0.2) is 5.82 Å². The van der Waals surface area contributed by atoms with Crippen LogP contribution in [0, 0.1) is 17.6 Å². The molecule has 0 bridgehead atoms.